The van der Waals surface area contributed by atoms with Crippen molar-refractivity contribution in [3.05, 3.63) is 92.4 Å². The monoisotopic (exact) mass is 643 g/mol. The number of amides is 2. The van der Waals surface area contributed by atoms with Gasteiger partial charge in [-0.3, -0.25) is 13.9 Å². The molecule has 12 heteroatoms. The van der Waals surface area contributed by atoms with Crippen molar-refractivity contribution in [1.29, 1.82) is 0 Å². The zero-order valence-electron chi connectivity index (χ0n) is 22.1. The van der Waals surface area contributed by atoms with Crippen molar-refractivity contribution in [2.24, 2.45) is 0 Å². The van der Waals surface area contributed by atoms with Crippen molar-refractivity contribution in [1.82, 2.24) is 10.2 Å². The van der Waals surface area contributed by atoms with E-state index in [1.165, 1.54) is 35.2 Å². The van der Waals surface area contributed by atoms with Crippen LogP contribution in [0.5, 0.6) is 0 Å². The van der Waals surface area contributed by atoms with Crippen LogP contribution in [0, 0.1) is 0 Å². The number of carbonyl (C=O) groups is 2. The third-order valence-electron chi connectivity index (χ3n) is 6.35. The summed E-state index contributed by atoms with van der Waals surface area (Å²) in [5.41, 5.74) is 0.430. The maximum absolute atomic E-state index is 14.0. The lowest BCUT2D eigenvalue weighted by Gasteiger charge is -2.33. The molecule has 0 heterocycles. The van der Waals surface area contributed by atoms with Gasteiger partial charge in [0.25, 0.3) is 10.0 Å². The zero-order valence-corrected chi connectivity index (χ0v) is 25.9. The molecule has 0 bridgehead atoms. The van der Waals surface area contributed by atoms with Crippen molar-refractivity contribution in [3.63, 3.8) is 0 Å². The predicted molar refractivity (Wildman–Crippen MR) is 162 cm³/mol. The number of benzene rings is 3. The quantitative estimate of drug-likeness (QED) is 0.248. The summed E-state index contributed by atoms with van der Waals surface area (Å²) in [6.07, 6.45) is 0.680. The number of nitrogens with one attached hydrogen (secondary N) is 1. The number of halogens is 4. The third-order valence-corrected chi connectivity index (χ3v) is 9.38. The van der Waals surface area contributed by atoms with Crippen LogP contribution in [0.4, 0.5) is 5.69 Å². The summed E-state index contributed by atoms with van der Waals surface area (Å²) < 4.78 is 28.6. The molecule has 3 aromatic rings. The molecule has 214 valence electrons. The highest BCUT2D eigenvalue weighted by atomic mass is 35.5. The Labute approximate surface area is 255 Å². The minimum absolute atomic E-state index is 0.0128. The van der Waals surface area contributed by atoms with E-state index >= 15 is 0 Å². The van der Waals surface area contributed by atoms with E-state index in [9.17, 15) is 18.0 Å². The second kappa shape index (κ2) is 13.9. The molecule has 1 N–H and O–H groups in total. The molecule has 40 heavy (non-hydrogen) atoms. The van der Waals surface area contributed by atoms with E-state index in [1.807, 2.05) is 13.8 Å². The molecule has 2 unspecified atom stereocenters. The SMILES string of the molecule is CCC(C)NC(=O)C(C)N(Cc1c(Cl)cccc1Cl)C(=O)CN(c1cc(Cl)ccc1Cl)S(=O)(=O)c1ccccc1. The normalized spacial score (nSPS) is 12.9. The Hall–Kier alpha value is -2.49. The lowest BCUT2D eigenvalue weighted by Crippen LogP contribution is -2.52. The first-order valence-electron chi connectivity index (χ1n) is 12.4. The Balaban J connectivity index is 2.10. The molecule has 0 spiro atoms. The predicted octanol–water partition coefficient (Wildman–Crippen LogP) is 6.83. The number of nitrogens with zero attached hydrogens (tertiary/aromatic N) is 2. The van der Waals surface area contributed by atoms with Gasteiger partial charge >= 0.3 is 0 Å². The van der Waals surface area contributed by atoms with E-state index < -0.39 is 34.4 Å². The molecule has 0 aromatic heterocycles. The first kappa shape index (κ1) is 32.0. The summed E-state index contributed by atoms with van der Waals surface area (Å²) in [5, 5.41) is 3.76. The average Bonchev–Trinajstić information content (AvgIpc) is 2.92. The van der Waals surface area contributed by atoms with Gasteiger partial charge in [0.1, 0.15) is 12.6 Å². The van der Waals surface area contributed by atoms with Crippen LogP contribution in [0.15, 0.2) is 71.6 Å². The van der Waals surface area contributed by atoms with Crippen molar-refractivity contribution in [3.8, 4) is 0 Å². The van der Waals surface area contributed by atoms with Crippen LogP contribution in [0.3, 0.4) is 0 Å². The lowest BCUT2D eigenvalue weighted by molar-refractivity contribution is -0.139. The van der Waals surface area contributed by atoms with Gasteiger partial charge in [0, 0.05) is 33.2 Å². The molecule has 2 amide bonds. The van der Waals surface area contributed by atoms with Crippen molar-refractivity contribution in [2.75, 3.05) is 10.8 Å². The Kier molecular flexibility index (Phi) is 11.1. The van der Waals surface area contributed by atoms with Crippen LogP contribution in [-0.4, -0.2) is 43.8 Å². The smallest absolute Gasteiger partial charge is 0.264 e. The number of rotatable bonds is 11. The van der Waals surface area contributed by atoms with E-state index in [1.54, 1.807) is 43.3 Å². The van der Waals surface area contributed by atoms with E-state index in [2.05, 4.69) is 5.32 Å². The molecule has 0 saturated heterocycles. The van der Waals surface area contributed by atoms with E-state index in [4.69, 9.17) is 46.4 Å². The highest BCUT2D eigenvalue weighted by molar-refractivity contribution is 7.92. The molecule has 3 rings (SSSR count). The molecule has 0 radical (unpaired) electrons. The second-order valence-corrected chi connectivity index (χ2v) is 12.7. The number of carbonyl (C=O) groups excluding carboxylic acids is 2. The Morgan fingerprint density at radius 1 is 0.875 bits per heavy atom. The summed E-state index contributed by atoms with van der Waals surface area (Å²) in [6.45, 7) is 4.50. The zero-order chi connectivity index (χ0) is 29.6. The fourth-order valence-corrected chi connectivity index (χ4v) is 6.21. The van der Waals surface area contributed by atoms with Crippen LogP contribution in [0.2, 0.25) is 20.1 Å². The largest absolute Gasteiger partial charge is 0.352 e. The number of sulfonamides is 1. The van der Waals surface area contributed by atoms with Gasteiger partial charge < -0.3 is 10.2 Å². The van der Waals surface area contributed by atoms with E-state index in [0.29, 0.717) is 22.0 Å². The van der Waals surface area contributed by atoms with Crippen LogP contribution in [-0.2, 0) is 26.2 Å². The fourth-order valence-electron chi connectivity index (χ4n) is 3.81. The van der Waals surface area contributed by atoms with E-state index in [0.717, 1.165) is 4.31 Å². The Morgan fingerprint density at radius 2 is 1.50 bits per heavy atom. The topological polar surface area (TPSA) is 86.8 Å². The summed E-state index contributed by atoms with van der Waals surface area (Å²) in [6, 6.07) is 15.7. The molecule has 0 aliphatic carbocycles. The highest BCUT2D eigenvalue weighted by Gasteiger charge is 2.34. The molecule has 7 nitrogen and oxygen atoms in total. The first-order valence-corrected chi connectivity index (χ1v) is 15.4. The maximum Gasteiger partial charge on any atom is 0.264 e. The van der Waals surface area contributed by atoms with Crippen LogP contribution in [0.1, 0.15) is 32.8 Å². The van der Waals surface area contributed by atoms with Gasteiger partial charge in [0.15, 0.2) is 0 Å². The summed E-state index contributed by atoms with van der Waals surface area (Å²) >= 11 is 25.4. The highest BCUT2D eigenvalue weighted by Crippen LogP contribution is 2.33. The van der Waals surface area contributed by atoms with Crippen LogP contribution >= 0.6 is 46.4 Å². The minimum atomic E-state index is -4.29. The van der Waals surface area contributed by atoms with Crippen LogP contribution < -0.4 is 9.62 Å². The molecule has 0 fully saturated rings. The molecule has 3 aromatic carbocycles. The summed E-state index contributed by atoms with van der Waals surface area (Å²) in [4.78, 5) is 28.3. The Bertz CT molecular complexity index is 1450. The van der Waals surface area contributed by atoms with Gasteiger partial charge in [-0.25, -0.2) is 8.42 Å². The number of hydrogen-bond donors (Lipinski definition) is 1. The van der Waals surface area contributed by atoms with Gasteiger partial charge in [0.05, 0.1) is 15.6 Å². The van der Waals surface area contributed by atoms with Gasteiger partial charge in [0.2, 0.25) is 11.8 Å². The van der Waals surface area contributed by atoms with Crippen LogP contribution in [0.25, 0.3) is 0 Å². The third kappa shape index (κ3) is 7.62. The molecule has 0 aliphatic rings. The summed E-state index contributed by atoms with van der Waals surface area (Å²) in [7, 11) is -4.29. The number of anilines is 1. The van der Waals surface area contributed by atoms with E-state index in [-0.39, 0.29) is 33.2 Å². The van der Waals surface area contributed by atoms with Crippen molar-refractivity contribution >= 4 is 73.9 Å². The Morgan fingerprint density at radius 3 is 2.10 bits per heavy atom. The van der Waals surface area contributed by atoms with Crippen molar-refractivity contribution in [2.45, 2.75) is 50.7 Å². The van der Waals surface area contributed by atoms with Crippen molar-refractivity contribution < 1.29 is 18.0 Å². The molecule has 0 saturated carbocycles. The second-order valence-electron chi connectivity index (χ2n) is 9.14. The minimum Gasteiger partial charge on any atom is -0.352 e. The standard InChI is InChI=1S/C28H29Cl4N3O4S/c1-4-18(2)33-28(37)19(3)34(16-22-23(30)11-8-12-24(22)31)27(36)17-35(26-15-20(29)13-14-25(26)32)40(38,39)21-9-6-5-7-10-21/h5-15,18-19H,4,16-17H2,1-3H3,(H,33,37). The fraction of sp³-hybridized carbons (Fsp3) is 0.286. The van der Waals surface area contributed by atoms with Gasteiger partial charge in [-0.05, 0) is 62.7 Å². The molecular formula is C28H29Cl4N3O4S. The first-order chi connectivity index (χ1) is 18.9. The lowest BCUT2D eigenvalue weighted by atomic mass is 10.1. The van der Waals surface area contributed by atoms with Gasteiger partial charge in [-0.2, -0.15) is 0 Å². The number of hydrogen-bond acceptors (Lipinski definition) is 4. The average molecular weight is 645 g/mol. The molecule has 2 atom stereocenters. The molecule has 0 aliphatic heterocycles. The maximum atomic E-state index is 14.0. The molecular weight excluding hydrogens is 616 g/mol. The van der Waals surface area contributed by atoms with Gasteiger partial charge in [-0.15, -0.1) is 0 Å². The summed E-state index contributed by atoms with van der Waals surface area (Å²) in [5.74, 6) is -1.09. The van der Waals surface area contributed by atoms with Gasteiger partial charge in [-0.1, -0.05) is 77.6 Å².